The number of nitrogens with zero attached hydrogens (tertiary/aromatic N) is 3. The molecule has 0 amide bonds. The summed E-state index contributed by atoms with van der Waals surface area (Å²) in [7, 11) is 0. The van der Waals surface area contributed by atoms with Gasteiger partial charge in [0.05, 0.1) is 24.1 Å². The van der Waals surface area contributed by atoms with Gasteiger partial charge in [0.2, 0.25) is 0 Å². The topological polar surface area (TPSA) is 71.4 Å². The molecule has 3 nitrogen and oxygen atoms in total. The average Bonchev–Trinajstić information content (AvgIpc) is 2.35. The van der Waals surface area contributed by atoms with E-state index in [0.717, 1.165) is 5.56 Å². The van der Waals surface area contributed by atoms with Crippen LogP contribution in [0.2, 0.25) is 0 Å². The maximum Gasteiger partial charge on any atom is 0.152 e. The largest absolute Gasteiger partial charge is 0.198 e. The lowest BCUT2D eigenvalue weighted by Crippen LogP contribution is -2.05. The quantitative estimate of drug-likeness (QED) is 0.764. The minimum absolute atomic E-state index is 0.685. The lowest BCUT2D eigenvalue weighted by atomic mass is 9.95. The Kier molecular flexibility index (Phi) is 4.33. The molecule has 1 aromatic carbocycles. The number of hydrogen-bond acceptors (Lipinski definition) is 3. The lowest BCUT2D eigenvalue weighted by Gasteiger charge is -2.01. The van der Waals surface area contributed by atoms with Crippen LogP contribution in [-0.4, -0.2) is 0 Å². The maximum atomic E-state index is 8.83. The first-order valence-corrected chi connectivity index (χ1v) is 4.74. The smallest absolute Gasteiger partial charge is 0.152 e. The van der Waals surface area contributed by atoms with Gasteiger partial charge in [-0.15, -0.1) is 0 Å². The second kappa shape index (κ2) is 6.02. The minimum atomic E-state index is -0.912. The number of nitriles is 3. The van der Waals surface area contributed by atoms with Crippen LogP contribution in [0.4, 0.5) is 0 Å². The van der Waals surface area contributed by atoms with E-state index in [1.807, 2.05) is 36.4 Å². The van der Waals surface area contributed by atoms with Crippen molar-refractivity contribution in [2.45, 2.75) is 0 Å². The third-order valence-electron chi connectivity index (χ3n) is 2.08. The highest BCUT2D eigenvalue weighted by atomic mass is 14.4. The molecule has 76 valence electrons. The summed E-state index contributed by atoms with van der Waals surface area (Å²) in [5.41, 5.74) is 0.942. The van der Waals surface area contributed by atoms with E-state index >= 15 is 0 Å². The Balaban J connectivity index is 2.81. The molecular weight excluding hydrogens is 198 g/mol. The van der Waals surface area contributed by atoms with Gasteiger partial charge in [0, 0.05) is 0 Å². The van der Waals surface area contributed by atoms with Gasteiger partial charge >= 0.3 is 0 Å². The summed E-state index contributed by atoms with van der Waals surface area (Å²) in [4.78, 5) is 0. The first kappa shape index (κ1) is 11.5. The predicted octanol–water partition coefficient (Wildman–Crippen LogP) is 2.50. The van der Waals surface area contributed by atoms with E-state index < -0.39 is 11.8 Å². The van der Waals surface area contributed by atoms with E-state index in [9.17, 15) is 0 Å². The zero-order chi connectivity index (χ0) is 11.8. The SMILES string of the molecule is N#CC(C#N)C(C#N)/C=C/c1ccccc1. The molecule has 0 N–H and O–H groups in total. The van der Waals surface area contributed by atoms with E-state index in [2.05, 4.69) is 0 Å². The molecule has 0 aliphatic rings. The summed E-state index contributed by atoms with van der Waals surface area (Å²) >= 11 is 0. The molecule has 0 aliphatic carbocycles. The second-order valence-corrected chi connectivity index (χ2v) is 3.16. The number of allylic oxidation sites excluding steroid dienone is 1. The van der Waals surface area contributed by atoms with Crippen molar-refractivity contribution >= 4 is 6.08 Å². The molecule has 0 saturated heterocycles. The van der Waals surface area contributed by atoms with Crippen molar-refractivity contribution in [2.24, 2.45) is 11.8 Å². The van der Waals surface area contributed by atoms with Crippen molar-refractivity contribution in [3.63, 3.8) is 0 Å². The van der Waals surface area contributed by atoms with Crippen molar-refractivity contribution in [1.29, 1.82) is 15.8 Å². The van der Waals surface area contributed by atoms with Crippen molar-refractivity contribution in [2.75, 3.05) is 0 Å². The zero-order valence-corrected chi connectivity index (χ0v) is 8.54. The second-order valence-electron chi connectivity index (χ2n) is 3.16. The van der Waals surface area contributed by atoms with Gasteiger partial charge in [-0.1, -0.05) is 42.5 Å². The first-order chi connectivity index (χ1) is 7.81. The Morgan fingerprint density at radius 2 is 1.56 bits per heavy atom. The minimum Gasteiger partial charge on any atom is -0.198 e. The van der Waals surface area contributed by atoms with E-state index in [0.29, 0.717) is 0 Å². The zero-order valence-electron chi connectivity index (χ0n) is 8.54. The van der Waals surface area contributed by atoms with Crippen LogP contribution in [0, 0.1) is 45.8 Å². The fourth-order valence-electron chi connectivity index (χ4n) is 1.20. The molecule has 1 unspecified atom stereocenters. The monoisotopic (exact) mass is 207 g/mol. The number of hydrogen-bond donors (Lipinski definition) is 0. The Labute approximate surface area is 94.5 Å². The van der Waals surface area contributed by atoms with Gasteiger partial charge in [0.25, 0.3) is 0 Å². The lowest BCUT2D eigenvalue weighted by molar-refractivity contribution is 0.717. The molecule has 1 rings (SSSR count). The highest BCUT2D eigenvalue weighted by Gasteiger charge is 2.17. The Bertz CT molecular complexity index is 469. The van der Waals surface area contributed by atoms with Crippen molar-refractivity contribution in [3.8, 4) is 18.2 Å². The van der Waals surface area contributed by atoms with Gasteiger partial charge in [-0.25, -0.2) is 0 Å². The molecule has 1 aromatic rings. The van der Waals surface area contributed by atoms with Crippen LogP contribution in [0.15, 0.2) is 36.4 Å². The van der Waals surface area contributed by atoms with Gasteiger partial charge in [0.15, 0.2) is 5.92 Å². The highest BCUT2D eigenvalue weighted by Crippen LogP contribution is 2.13. The Morgan fingerprint density at radius 3 is 2.06 bits per heavy atom. The molecule has 16 heavy (non-hydrogen) atoms. The van der Waals surface area contributed by atoms with Gasteiger partial charge in [-0.3, -0.25) is 0 Å². The molecule has 3 heteroatoms. The third-order valence-corrected chi connectivity index (χ3v) is 2.08. The number of rotatable bonds is 3. The third kappa shape index (κ3) is 2.98. The van der Waals surface area contributed by atoms with E-state index in [4.69, 9.17) is 15.8 Å². The molecule has 0 saturated carbocycles. The van der Waals surface area contributed by atoms with Gasteiger partial charge in [-0.05, 0) is 5.56 Å². The van der Waals surface area contributed by atoms with Crippen molar-refractivity contribution in [1.82, 2.24) is 0 Å². The molecule has 0 aromatic heterocycles. The summed E-state index contributed by atoms with van der Waals surface area (Å²) in [5, 5.41) is 26.2. The summed E-state index contributed by atoms with van der Waals surface area (Å²) in [5.74, 6) is -1.60. The molecule has 0 spiro atoms. The van der Waals surface area contributed by atoms with Gasteiger partial charge in [0.1, 0.15) is 0 Å². The van der Waals surface area contributed by atoms with Crippen molar-refractivity contribution in [3.05, 3.63) is 42.0 Å². The van der Waals surface area contributed by atoms with E-state index in [1.165, 1.54) is 0 Å². The molecule has 0 radical (unpaired) electrons. The van der Waals surface area contributed by atoms with E-state index in [1.54, 1.807) is 24.3 Å². The van der Waals surface area contributed by atoms with Crippen LogP contribution in [0.1, 0.15) is 5.56 Å². The molecule has 1 atom stereocenters. The van der Waals surface area contributed by atoms with Crippen LogP contribution in [-0.2, 0) is 0 Å². The fourth-order valence-corrected chi connectivity index (χ4v) is 1.20. The molecule has 0 heterocycles. The van der Waals surface area contributed by atoms with Crippen LogP contribution in [0.3, 0.4) is 0 Å². The summed E-state index contributed by atoms with van der Waals surface area (Å²) in [6.07, 6.45) is 3.34. The maximum absolute atomic E-state index is 8.83. The molecule has 0 fully saturated rings. The average molecular weight is 207 g/mol. The first-order valence-electron chi connectivity index (χ1n) is 4.74. The highest BCUT2D eigenvalue weighted by molar-refractivity contribution is 5.50. The van der Waals surface area contributed by atoms with Crippen LogP contribution < -0.4 is 0 Å². The van der Waals surface area contributed by atoms with Crippen LogP contribution in [0.25, 0.3) is 6.08 Å². The molecule has 0 aliphatic heterocycles. The summed E-state index contributed by atoms with van der Waals surface area (Å²) < 4.78 is 0. The van der Waals surface area contributed by atoms with Gasteiger partial charge in [-0.2, -0.15) is 15.8 Å². The summed E-state index contributed by atoms with van der Waals surface area (Å²) in [6, 6.07) is 15.0. The number of benzene rings is 1. The predicted molar refractivity (Wildman–Crippen MR) is 59.3 cm³/mol. The standard InChI is InChI=1S/C13H9N3/c14-8-12(13(9-15)10-16)7-6-11-4-2-1-3-5-11/h1-7,12-13H/b7-6+. The molecule has 0 bridgehead atoms. The van der Waals surface area contributed by atoms with Crippen LogP contribution in [0.5, 0.6) is 0 Å². The Hall–Kier alpha value is -2.57. The molecular formula is C13H9N3. The fraction of sp³-hybridized carbons (Fsp3) is 0.154. The Morgan fingerprint density at radius 1 is 0.938 bits per heavy atom. The van der Waals surface area contributed by atoms with E-state index in [-0.39, 0.29) is 0 Å². The van der Waals surface area contributed by atoms with Crippen molar-refractivity contribution < 1.29 is 0 Å². The van der Waals surface area contributed by atoms with Gasteiger partial charge < -0.3 is 0 Å². The summed E-state index contributed by atoms with van der Waals surface area (Å²) in [6.45, 7) is 0. The normalized spacial score (nSPS) is 11.6. The van der Waals surface area contributed by atoms with Crippen LogP contribution >= 0.6 is 0 Å².